The fraction of sp³-hybridized carbons (Fsp3) is 0.214. The fourth-order valence-electron chi connectivity index (χ4n) is 2.16. The van der Waals surface area contributed by atoms with Crippen LogP contribution >= 0.6 is 46.3 Å². The Balaban J connectivity index is 1.88. The largest absolute Gasteiger partial charge is 0.321 e. The normalized spacial score (nSPS) is 18.5. The van der Waals surface area contributed by atoms with Crippen LogP contribution in [0.3, 0.4) is 0 Å². The molecule has 3 rings (SSSR count). The predicted octanol–water partition coefficient (Wildman–Crippen LogP) is 4.94. The van der Waals surface area contributed by atoms with Gasteiger partial charge in [-0.15, -0.1) is 23.1 Å². The first kappa shape index (κ1) is 14.3. The van der Waals surface area contributed by atoms with Gasteiger partial charge in [0, 0.05) is 12.3 Å². The van der Waals surface area contributed by atoms with E-state index in [-0.39, 0.29) is 11.3 Å². The molecule has 2 aromatic rings. The molecule has 0 radical (unpaired) electrons. The van der Waals surface area contributed by atoms with E-state index in [1.807, 2.05) is 34.5 Å². The van der Waals surface area contributed by atoms with E-state index in [0.717, 1.165) is 22.7 Å². The second-order valence-electron chi connectivity index (χ2n) is 4.37. The minimum Gasteiger partial charge on any atom is -0.321 e. The molecule has 1 aliphatic heterocycles. The van der Waals surface area contributed by atoms with Crippen LogP contribution in [0.25, 0.3) is 0 Å². The Hall–Kier alpha value is -0.680. The zero-order valence-electron chi connectivity index (χ0n) is 10.4. The lowest BCUT2D eigenvalue weighted by Crippen LogP contribution is -2.29. The van der Waals surface area contributed by atoms with E-state index in [4.69, 9.17) is 23.2 Å². The van der Waals surface area contributed by atoms with Gasteiger partial charge in [-0.05, 0) is 29.1 Å². The fourth-order valence-corrected chi connectivity index (χ4v) is 4.39. The Morgan fingerprint density at radius 3 is 2.80 bits per heavy atom. The summed E-state index contributed by atoms with van der Waals surface area (Å²) in [6.07, 6.45) is 0. The van der Waals surface area contributed by atoms with Gasteiger partial charge in [0.2, 0.25) is 0 Å². The SMILES string of the molecule is O=C(c1cccs1)N1CCS[C@H]1c1ccc(Cl)c(Cl)c1. The lowest BCUT2D eigenvalue weighted by molar-refractivity contribution is 0.0765. The first-order valence-electron chi connectivity index (χ1n) is 6.08. The minimum atomic E-state index is 0.0133. The van der Waals surface area contributed by atoms with E-state index in [1.54, 1.807) is 17.8 Å². The van der Waals surface area contributed by atoms with Gasteiger partial charge < -0.3 is 4.90 Å². The Labute approximate surface area is 135 Å². The van der Waals surface area contributed by atoms with Gasteiger partial charge in [-0.3, -0.25) is 4.79 Å². The molecule has 0 aliphatic carbocycles. The van der Waals surface area contributed by atoms with Crippen LogP contribution in [0.2, 0.25) is 10.0 Å². The van der Waals surface area contributed by atoms with Crippen LogP contribution in [0.1, 0.15) is 20.6 Å². The molecule has 0 spiro atoms. The summed E-state index contributed by atoms with van der Waals surface area (Å²) in [5.74, 6) is 1.02. The van der Waals surface area contributed by atoms with E-state index >= 15 is 0 Å². The maximum absolute atomic E-state index is 12.5. The zero-order chi connectivity index (χ0) is 14.1. The third kappa shape index (κ3) is 2.70. The summed E-state index contributed by atoms with van der Waals surface area (Å²) in [7, 11) is 0. The zero-order valence-corrected chi connectivity index (χ0v) is 13.5. The Morgan fingerprint density at radius 1 is 1.25 bits per heavy atom. The molecule has 0 N–H and O–H groups in total. The standard InChI is InChI=1S/C14H11Cl2NOS2/c15-10-4-3-9(8-11(10)16)14-17(5-7-20-14)13(18)12-2-1-6-19-12/h1-4,6,8,14H,5,7H2/t14-/m0/s1. The molecule has 1 aromatic heterocycles. The molecule has 104 valence electrons. The van der Waals surface area contributed by atoms with Crippen molar-refractivity contribution in [2.45, 2.75) is 5.37 Å². The van der Waals surface area contributed by atoms with Gasteiger partial charge in [0.05, 0.1) is 14.9 Å². The predicted molar refractivity (Wildman–Crippen MR) is 87.0 cm³/mol. The molecule has 1 aliphatic rings. The van der Waals surface area contributed by atoms with Crippen molar-refractivity contribution >= 4 is 52.2 Å². The summed E-state index contributed by atoms with van der Waals surface area (Å²) < 4.78 is 0. The number of nitrogens with zero attached hydrogens (tertiary/aromatic N) is 1. The molecule has 20 heavy (non-hydrogen) atoms. The summed E-state index contributed by atoms with van der Waals surface area (Å²) in [4.78, 5) is 15.2. The first-order valence-corrected chi connectivity index (χ1v) is 8.76. The Morgan fingerprint density at radius 2 is 2.10 bits per heavy atom. The lowest BCUT2D eigenvalue weighted by Gasteiger charge is -2.23. The molecular weight excluding hydrogens is 333 g/mol. The van der Waals surface area contributed by atoms with Gasteiger partial charge >= 0.3 is 0 Å². The third-order valence-electron chi connectivity index (χ3n) is 3.11. The third-order valence-corrected chi connectivity index (χ3v) is 5.97. The number of carbonyl (C=O) groups excluding carboxylic acids is 1. The second-order valence-corrected chi connectivity index (χ2v) is 7.32. The number of thiophene rings is 1. The van der Waals surface area contributed by atoms with Crippen molar-refractivity contribution in [3.63, 3.8) is 0 Å². The average Bonchev–Trinajstić information content (AvgIpc) is 3.11. The van der Waals surface area contributed by atoms with Crippen LogP contribution in [-0.4, -0.2) is 23.1 Å². The summed E-state index contributed by atoms with van der Waals surface area (Å²) in [5.41, 5.74) is 1.02. The highest BCUT2D eigenvalue weighted by Gasteiger charge is 2.31. The number of benzene rings is 1. The number of hydrogen-bond donors (Lipinski definition) is 0. The molecule has 0 saturated carbocycles. The minimum absolute atomic E-state index is 0.0133. The lowest BCUT2D eigenvalue weighted by atomic mass is 10.2. The van der Waals surface area contributed by atoms with Crippen molar-refractivity contribution in [3.8, 4) is 0 Å². The summed E-state index contributed by atoms with van der Waals surface area (Å²) in [6, 6.07) is 9.33. The van der Waals surface area contributed by atoms with Crippen LogP contribution < -0.4 is 0 Å². The smallest absolute Gasteiger partial charge is 0.265 e. The maximum atomic E-state index is 12.5. The molecule has 2 heterocycles. The summed E-state index contributed by atoms with van der Waals surface area (Å²) in [6.45, 7) is 0.756. The van der Waals surface area contributed by atoms with Gasteiger partial charge in [0.15, 0.2) is 0 Å². The number of halogens is 2. The molecule has 2 nitrogen and oxygen atoms in total. The molecule has 1 atom stereocenters. The van der Waals surface area contributed by atoms with Gasteiger partial charge in [-0.25, -0.2) is 0 Å². The van der Waals surface area contributed by atoms with Crippen molar-refractivity contribution in [2.75, 3.05) is 12.3 Å². The molecule has 6 heteroatoms. The van der Waals surface area contributed by atoms with E-state index in [1.165, 1.54) is 11.3 Å². The highest BCUT2D eigenvalue weighted by molar-refractivity contribution is 7.99. The summed E-state index contributed by atoms with van der Waals surface area (Å²) >= 11 is 15.3. The van der Waals surface area contributed by atoms with Crippen LogP contribution in [0.15, 0.2) is 35.7 Å². The van der Waals surface area contributed by atoms with Crippen LogP contribution in [0.5, 0.6) is 0 Å². The quantitative estimate of drug-likeness (QED) is 0.769. The van der Waals surface area contributed by atoms with Gasteiger partial charge in [0.1, 0.15) is 5.37 Å². The highest BCUT2D eigenvalue weighted by atomic mass is 35.5. The van der Waals surface area contributed by atoms with Crippen LogP contribution in [0, 0.1) is 0 Å². The van der Waals surface area contributed by atoms with Crippen molar-refractivity contribution in [1.29, 1.82) is 0 Å². The second kappa shape index (κ2) is 5.98. The van der Waals surface area contributed by atoms with E-state index in [2.05, 4.69) is 0 Å². The highest BCUT2D eigenvalue weighted by Crippen LogP contribution is 2.40. The van der Waals surface area contributed by atoms with E-state index in [0.29, 0.717) is 10.0 Å². The van der Waals surface area contributed by atoms with Crippen molar-refractivity contribution < 1.29 is 4.79 Å². The Bertz CT molecular complexity index is 630. The van der Waals surface area contributed by atoms with Crippen molar-refractivity contribution in [2.24, 2.45) is 0 Å². The molecule has 1 amide bonds. The molecule has 1 fully saturated rings. The number of carbonyl (C=O) groups is 1. The topological polar surface area (TPSA) is 20.3 Å². The van der Waals surface area contributed by atoms with Gasteiger partial charge in [-0.2, -0.15) is 0 Å². The number of rotatable bonds is 2. The average molecular weight is 344 g/mol. The summed E-state index contributed by atoms with van der Waals surface area (Å²) in [5, 5.41) is 3.00. The molecule has 0 bridgehead atoms. The number of hydrogen-bond acceptors (Lipinski definition) is 3. The van der Waals surface area contributed by atoms with E-state index < -0.39 is 0 Å². The molecule has 0 unspecified atom stereocenters. The molecule has 1 saturated heterocycles. The van der Waals surface area contributed by atoms with E-state index in [9.17, 15) is 4.79 Å². The maximum Gasteiger partial charge on any atom is 0.265 e. The van der Waals surface area contributed by atoms with Crippen LogP contribution in [-0.2, 0) is 0 Å². The monoisotopic (exact) mass is 343 g/mol. The molecule has 1 aromatic carbocycles. The Kier molecular flexibility index (Phi) is 4.26. The van der Waals surface area contributed by atoms with Gasteiger partial charge in [-0.1, -0.05) is 35.3 Å². The van der Waals surface area contributed by atoms with Crippen molar-refractivity contribution in [1.82, 2.24) is 4.90 Å². The van der Waals surface area contributed by atoms with Crippen LogP contribution in [0.4, 0.5) is 0 Å². The number of amides is 1. The molecular formula is C14H11Cl2NOS2. The number of thioether (sulfide) groups is 1. The van der Waals surface area contributed by atoms with Crippen molar-refractivity contribution in [3.05, 3.63) is 56.2 Å². The van der Waals surface area contributed by atoms with Gasteiger partial charge in [0.25, 0.3) is 5.91 Å². The first-order chi connectivity index (χ1) is 9.66.